The Morgan fingerprint density at radius 1 is 1.37 bits per heavy atom. The third kappa shape index (κ3) is 2.39. The van der Waals surface area contributed by atoms with E-state index in [0.29, 0.717) is 15.1 Å². The lowest BCUT2D eigenvalue weighted by molar-refractivity contribution is 0.0532. The van der Waals surface area contributed by atoms with Gasteiger partial charge >= 0.3 is 12.1 Å². The van der Waals surface area contributed by atoms with E-state index in [1.165, 1.54) is 6.07 Å². The Kier molecular flexibility index (Phi) is 3.70. The third-order valence-electron chi connectivity index (χ3n) is 2.30. The standard InChI is InChI=1S/C11H13N3O4S/c1-3-17-10(15)7-5-6-8(19-7)9(12)13-14(6)11(16)18-4-2/h5H,3-4H2,1-2H3,(H2,12,13). The fraction of sp³-hybridized carbons (Fsp3) is 0.364. The summed E-state index contributed by atoms with van der Waals surface area (Å²) >= 11 is 1.14. The van der Waals surface area contributed by atoms with Gasteiger partial charge in [0.05, 0.1) is 23.4 Å². The molecule has 0 atom stereocenters. The van der Waals surface area contributed by atoms with Gasteiger partial charge in [0.1, 0.15) is 4.88 Å². The number of rotatable bonds is 3. The van der Waals surface area contributed by atoms with Gasteiger partial charge in [0.2, 0.25) is 0 Å². The van der Waals surface area contributed by atoms with Gasteiger partial charge in [-0.1, -0.05) is 0 Å². The lowest BCUT2D eigenvalue weighted by Crippen LogP contribution is -2.15. The number of nitrogens with two attached hydrogens (primary N) is 1. The number of nitrogen functional groups attached to an aromatic ring is 1. The molecule has 0 saturated heterocycles. The van der Waals surface area contributed by atoms with E-state index in [1.807, 2.05) is 0 Å². The molecule has 7 nitrogen and oxygen atoms in total. The first-order valence-corrected chi connectivity index (χ1v) is 6.52. The number of hydrogen-bond acceptors (Lipinski definition) is 7. The molecule has 0 aromatic carbocycles. The highest BCUT2D eigenvalue weighted by molar-refractivity contribution is 7.21. The monoisotopic (exact) mass is 283 g/mol. The molecule has 0 saturated carbocycles. The number of esters is 1. The highest BCUT2D eigenvalue weighted by atomic mass is 32.1. The molecule has 0 unspecified atom stereocenters. The highest BCUT2D eigenvalue weighted by Crippen LogP contribution is 2.30. The van der Waals surface area contributed by atoms with Crippen LogP contribution in [-0.2, 0) is 9.47 Å². The fourth-order valence-corrected chi connectivity index (χ4v) is 2.48. The summed E-state index contributed by atoms with van der Waals surface area (Å²) in [6.45, 7) is 3.93. The zero-order chi connectivity index (χ0) is 14.0. The lowest BCUT2D eigenvalue weighted by atomic mass is 10.4. The third-order valence-corrected chi connectivity index (χ3v) is 3.43. The second-order valence-electron chi connectivity index (χ2n) is 3.54. The van der Waals surface area contributed by atoms with Crippen molar-refractivity contribution in [1.82, 2.24) is 9.78 Å². The maximum absolute atomic E-state index is 11.7. The van der Waals surface area contributed by atoms with Gasteiger partial charge in [-0.15, -0.1) is 16.4 Å². The number of anilines is 1. The molecule has 2 heterocycles. The number of carbonyl (C=O) groups excluding carboxylic acids is 2. The van der Waals surface area contributed by atoms with Crippen LogP contribution in [0.25, 0.3) is 10.2 Å². The number of aromatic nitrogens is 2. The van der Waals surface area contributed by atoms with E-state index >= 15 is 0 Å². The van der Waals surface area contributed by atoms with Gasteiger partial charge < -0.3 is 15.2 Å². The first kappa shape index (κ1) is 13.3. The Morgan fingerprint density at radius 3 is 2.68 bits per heavy atom. The second kappa shape index (κ2) is 5.27. The van der Waals surface area contributed by atoms with Crippen LogP contribution in [0.5, 0.6) is 0 Å². The number of fused-ring (bicyclic) bond motifs is 1. The van der Waals surface area contributed by atoms with Gasteiger partial charge in [0, 0.05) is 0 Å². The molecule has 0 aliphatic carbocycles. The first-order valence-electron chi connectivity index (χ1n) is 5.70. The van der Waals surface area contributed by atoms with Crippen LogP contribution < -0.4 is 5.73 Å². The molecular weight excluding hydrogens is 270 g/mol. The zero-order valence-electron chi connectivity index (χ0n) is 10.5. The molecule has 2 aromatic rings. The minimum atomic E-state index is -0.627. The van der Waals surface area contributed by atoms with E-state index < -0.39 is 12.1 Å². The minimum absolute atomic E-state index is 0.184. The summed E-state index contributed by atoms with van der Waals surface area (Å²) in [5.41, 5.74) is 6.17. The van der Waals surface area contributed by atoms with Crippen molar-refractivity contribution in [3.8, 4) is 0 Å². The van der Waals surface area contributed by atoms with Crippen LogP contribution >= 0.6 is 11.3 Å². The topological polar surface area (TPSA) is 96.4 Å². The molecule has 0 radical (unpaired) electrons. The molecule has 102 valence electrons. The van der Waals surface area contributed by atoms with Crippen molar-refractivity contribution in [3.63, 3.8) is 0 Å². The Labute approximate surface area is 112 Å². The summed E-state index contributed by atoms with van der Waals surface area (Å²) in [6, 6.07) is 1.53. The van der Waals surface area contributed by atoms with Crippen LogP contribution in [0.15, 0.2) is 6.07 Å². The normalized spacial score (nSPS) is 10.6. The number of carbonyl (C=O) groups is 2. The minimum Gasteiger partial charge on any atom is -0.462 e. The van der Waals surface area contributed by atoms with Crippen molar-refractivity contribution in [3.05, 3.63) is 10.9 Å². The SMILES string of the molecule is CCOC(=O)c1cc2c(s1)c(N)nn2C(=O)OCC. The zero-order valence-corrected chi connectivity index (χ0v) is 11.3. The van der Waals surface area contributed by atoms with Gasteiger partial charge in [-0.3, -0.25) is 0 Å². The van der Waals surface area contributed by atoms with Crippen molar-refractivity contribution < 1.29 is 19.1 Å². The number of ether oxygens (including phenoxy) is 2. The van der Waals surface area contributed by atoms with E-state index in [1.54, 1.807) is 13.8 Å². The fourth-order valence-electron chi connectivity index (χ4n) is 1.56. The molecule has 0 fully saturated rings. The summed E-state index contributed by atoms with van der Waals surface area (Å²) in [4.78, 5) is 23.7. The number of nitrogens with zero attached hydrogens (tertiary/aromatic N) is 2. The second-order valence-corrected chi connectivity index (χ2v) is 4.59. The van der Waals surface area contributed by atoms with Gasteiger partial charge in [0.15, 0.2) is 5.82 Å². The van der Waals surface area contributed by atoms with Crippen molar-refractivity contribution in [2.75, 3.05) is 18.9 Å². The summed E-state index contributed by atoms with van der Waals surface area (Å²) in [7, 11) is 0. The quantitative estimate of drug-likeness (QED) is 0.864. The van der Waals surface area contributed by atoms with Gasteiger partial charge in [-0.05, 0) is 19.9 Å². The van der Waals surface area contributed by atoms with Crippen LogP contribution in [0, 0.1) is 0 Å². The van der Waals surface area contributed by atoms with E-state index in [9.17, 15) is 9.59 Å². The highest BCUT2D eigenvalue weighted by Gasteiger charge is 2.20. The largest absolute Gasteiger partial charge is 0.462 e. The summed E-state index contributed by atoms with van der Waals surface area (Å²) in [5.74, 6) is -0.262. The average Bonchev–Trinajstić information content (AvgIpc) is 2.91. The molecule has 8 heteroatoms. The van der Waals surface area contributed by atoms with Gasteiger partial charge in [0.25, 0.3) is 0 Å². The maximum Gasteiger partial charge on any atom is 0.435 e. The Morgan fingerprint density at radius 2 is 2.05 bits per heavy atom. The van der Waals surface area contributed by atoms with Crippen LogP contribution in [0.4, 0.5) is 10.6 Å². The van der Waals surface area contributed by atoms with Gasteiger partial charge in [-0.2, -0.15) is 4.68 Å². The Bertz CT molecular complexity index is 631. The first-order chi connectivity index (χ1) is 9.08. The molecular formula is C11H13N3O4S. The summed E-state index contributed by atoms with van der Waals surface area (Å²) in [5, 5.41) is 3.89. The smallest absolute Gasteiger partial charge is 0.435 e. The average molecular weight is 283 g/mol. The lowest BCUT2D eigenvalue weighted by Gasteiger charge is -2.00. The molecule has 2 rings (SSSR count). The molecule has 0 aliphatic heterocycles. The van der Waals surface area contributed by atoms with Crippen molar-refractivity contribution in [1.29, 1.82) is 0 Å². The number of hydrogen-bond donors (Lipinski definition) is 1. The summed E-state index contributed by atoms with van der Waals surface area (Å²) < 4.78 is 11.4. The molecule has 2 aromatic heterocycles. The van der Waals surface area contributed by atoms with E-state index in [-0.39, 0.29) is 19.0 Å². The van der Waals surface area contributed by atoms with Crippen molar-refractivity contribution >= 4 is 39.4 Å². The Hall–Kier alpha value is -2.09. The van der Waals surface area contributed by atoms with E-state index in [4.69, 9.17) is 15.2 Å². The Balaban J connectivity index is 2.45. The molecule has 0 bridgehead atoms. The molecule has 2 N–H and O–H groups in total. The van der Waals surface area contributed by atoms with Gasteiger partial charge in [-0.25, -0.2) is 9.59 Å². The van der Waals surface area contributed by atoms with E-state index in [0.717, 1.165) is 16.0 Å². The predicted molar refractivity (Wildman–Crippen MR) is 70.4 cm³/mol. The number of thiophene rings is 1. The van der Waals surface area contributed by atoms with Crippen LogP contribution in [0.1, 0.15) is 23.5 Å². The summed E-state index contributed by atoms with van der Waals surface area (Å²) in [6.07, 6.45) is -0.627. The maximum atomic E-state index is 11.7. The van der Waals surface area contributed by atoms with E-state index in [2.05, 4.69) is 5.10 Å². The molecule has 0 amide bonds. The predicted octanol–water partition coefficient (Wildman–Crippen LogP) is 1.86. The van der Waals surface area contributed by atoms with Crippen LogP contribution in [0.2, 0.25) is 0 Å². The molecule has 0 aliphatic rings. The molecule has 19 heavy (non-hydrogen) atoms. The van der Waals surface area contributed by atoms with Crippen molar-refractivity contribution in [2.45, 2.75) is 13.8 Å². The van der Waals surface area contributed by atoms with Crippen LogP contribution in [-0.4, -0.2) is 35.1 Å². The van der Waals surface area contributed by atoms with Crippen molar-refractivity contribution in [2.24, 2.45) is 0 Å². The van der Waals surface area contributed by atoms with Crippen LogP contribution in [0.3, 0.4) is 0 Å². The molecule has 0 spiro atoms.